The number of nitrogens with two attached hydrogens (primary N) is 1. The molecular weight excluding hydrogens is 240 g/mol. The molecule has 2 N–H and O–H groups in total. The summed E-state index contributed by atoms with van der Waals surface area (Å²) in [7, 11) is 0. The van der Waals surface area contributed by atoms with Crippen molar-refractivity contribution in [2.24, 2.45) is 5.73 Å². The lowest BCUT2D eigenvalue weighted by Gasteiger charge is -2.21. The molecule has 1 unspecified atom stereocenters. The lowest BCUT2D eigenvalue weighted by atomic mass is 10.1. The molecule has 1 fully saturated rings. The second-order valence-electron chi connectivity index (χ2n) is 5.29. The highest BCUT2D eigenvalue weighted by Gasteiger charge is 2.22. The number of nitrogens with zero attached hydrogens (tertiary/aromatic N) is 1. The van der Waals surface area contributed by atoms with Crippen LogP contribution in [-0.2, 0) is 4.79 Å². The Bertz CT molecular complexity index is 428. The number of amides is 1. The van der Waals surface area contributed by atoms with E-state index in [1.54, 1.807) is 0 Å². The van der Waals surface area contributed by atoms with Gasteiger partial charge in [-0.15, -0.1) is 0 Å². The summed E-state index contributed by atoms with van der Waals surface area (Å²) >= 11 is 0. The average molecular weight is 262 g/mol. The smallest absolute Gasteiger partial charge is 0.222 e. The third kappa shape index (κ3) is 3.70. The molecule has 19 heavy (non-hydrogen) atoms. The van der Waals surface area contributed by atoms with Gasteiger partial charge in [0.1, 0.15) is 5.75 Å². The maximum absolute atomic E-state index is 11.6. The van der Waals surface area contributed by atoms with Gasteiger partial charge in [0.15, 0.2) is 0 Å². The Kier molecular flexibility index (Phi) is 4.43. The normalized spacial score (nSPS) is 17.1. The average Bonchev–Trinajstić information content (AvgIpc) is 2.75. The number of ether oxygens (including phenoxy) is 1. The Morgan fingerprint density at radius 1 is 1.32 bits per heavy atom. The van der Waals surface area contributed by atoms with E-state index in [9.17, 15) is 4.79 Å². The predicted octanol–water partition coefficient (Wildman–Crippen LogP) is 2.10. The molecule has 0 saturated carbocycles. The minimum absolute atomic E-state index is 0.129. The maximum Gasteiger partial charge on any atom is 0.222 e. The van der Waals surface area contributed by atoms with Gasteiger partial charge in [0.2, 0.25) is 5.91 Å². The van der Waals surface area contributed by atoms with Crippen LogP contribution in [0.15, 0.2) is 24.3 Å². The highest BCUT2D eigenvalue weighted by Crippen LogP contribution is 2.20. The molecule has 4 heteroatoms. The molecule has 1 aromatic carbocycles. The van der Waals surface area contributed by atoms with Crippen molar-refractivity contribution >= 4 is 5.91 Å². The van der Waals surface area contributed by atoms with E-state index in [-0.39, 0.29) is 18.1 Å². The standard InChI is InChI=1S/C15H22N2O2/c1-11(2)19-13-7-5-12(6-8-13)14(16)10-17-9-3-4-15(17)18/h5-8,11,14H,3-4,9-10,16H2,1-2H3. The van der Waals surface area contributed by atoms with Crippen LogP contribution in [0, 0.1) is 0 Å². The van der Waals surface area contributed by atoms with Crippen molar-refractivity contribution in [1.29, 1.82) is 0 Å². The first-order valence-corrected chi connectivity index (χ1v) is 6.86. The van der Waals surface area contributed by atoms with Gasteiger partial charge in [-0.05, 0) is 38.0 Å². The van der Waals surface area contributed by atoms with Crippen LogP contribution in [0.4, 0.5) is 0 Å². The summed E-state index contributed by atoms with van der Waals surface area (Å²) in [4.78, 5) is 13.4. The van der Waals surface area contributed by atoms with Crippen molar-refractivity contribution in [3.8, 4) is 5.75 Å². The van der Waals surface area contributed by atoms with Gasteiger partial charge < -0.3 is 15.4 Å². The molecule has 1 heterocycles. The largest absolute Gasteiger partial charge is 0.491 e. The van der Waals surface area contributed by atoms with Gasteiger partial charge in [-0.3, -0.25) is 4.79 Å². The van der Waals surface area contributed by atoms with E-state index in [0.29, 0.717) is 13.0 Å². The van der Waals surface area contributed by atoms with Gasteiger partial charge in [0, 0.05) is 25.6 Å². The van der Waals surface area contributed by atoms with Crippen molar-refractivity contribution in [2.45, 2.75) is 38.8 Å². The molecule has 1 atom stereocenters. The predicted molar refractivity (Wildman–Crippen MR) is 74.9 cm³/mol. The molecule has 0 spiro atoms. The SMILES string of the molecule is CC(C)Oc1ccc(C(N)CN2CCCC2=O)cc1. The van der Waals surface area contributed by atoms with Crippen molar-refractivity contribution in [2.75, 3.05) is 13.1 Å². The third-order valence-corrected chi connectivity index (χ3v) is 3.27. The Morgan fingerprint density at radius 2 is 2.00 bits per heavy atom. The van der Waals surface area contributed by atoms with E-state index in [4.69, 9.17) is 10.5 Å². The van der Waals surface area contributed by atoms with Gasteiger partial charge in [-0.2, -0.15) is 0 Å². The van der Waals surface area contributed by atoms with Crippen molar-refractivity contribution < 1.29 is 9.53 Å². The number of hydrogen-bond acceptors (Lipinski definition) is 3. The lowest BCUT2D eigenvalue weighted by Crippen LogP contribution is -2.32. The van der Waals surface area contributed by atoms with E-state index in [0.717, 1.165) is 24.3 Å². The zero-order valence-corrected chi connectivity index (χ0v) is 11.6. The first-order valence-electron chi connectivity index (χ1n) is 6.86. The van der Waals surface area contributed by atoms with Crippen LogP contribution in [0.1, 0.15) is 38.3 Å². The zero-order valence-electron chi connectivity index (χ0n) is 11.6. The number of rotatable bonds is 5. The van der Waals surface area contributed by atoms with Crippen LogP contribution in [0.25, 0.3) is 0 Å². The fourth-order valence-electron chi connectivity index (χ4n) is 2.31. The molecule has 104 valence electrons. The number of likely N-dealkylation sites (tertiary alicyclic amines) is 1. The highest BCUT2D eigenvalue weighted by molar-refractivity contribution is 5.78. The first kappa shape index (κ1) is 13.9. The Balaban J connectivity index is 1.95. The molecule has 0 aliphatic carbocycles. The van der Waals surface area contributed by atoms with E-state index >= 15 is 0 Å². The topological polar surface area (TPSA) is 55.6 Å². The molecule has 0 bridgehead atoms. The van der Waals surface area contributed by atoms with E-state index < -0.39 is 0 Å². The van der Waals surface area contributed by atoms with Crippen LogP contribution in [0.3, 0.4) is 0 Å². The first-order chi connectivity index (χ1) is 9.06. The Labute approximate surface area is 114 Å². The summed E-state index contributed by atoms with van der Waals surface area (Å²) in [5.74, 6) is 1.07. The van der Waals surface area contributed by atoms with Crippen LogP contribution in [0.2, 0.25) is 0 Å². The summed E-state index contributed by atoms with van der Waals surface area (Å²) in [6.45, 7) is 5.43. The van der Waals surface area contributed by atoms with Gasteiger partial charge in [0.25, 0.3) is 0 Å². The molecule has 1 amide bonds. The summed E-state index contributed by atoms with van der Waals surface area (Å²) < 4.78 is 5.59. The minimum Gasteiger partial charge on any atom is -0.491 e. The van der Waals surface area contributed by atoms with Gasteiger partial charge in [0.05, 0.1) is 6.10 Å². The number of hydrogen-bond donors (Lipinski definition) is 1. The van der Waals surface area contributed by atoms with Gasteiger partial charge >= 0.3 is 0 Å². The van der Waals surface area contributed by atoms with Gasteiger partial charge in [-0.1, -0.05) is 12.1 Å². The van der Waals surface area contributed by atoms with Crippen LogP contribution < -0.4 is 10.5 Å². The summed E-state index contributed by atoms with van der Waals surface area (Å²) in [5.41, 5.74) is 7.19. The van der Waals surface area contributed by atoms with Crippen LogP contribution in [-0.4, -0.2) is 30.0 Å². The molecule has 1 aromatic rings. The Morgan fingerprint density at radius 3 is 2.53 bits per heavy atom. The molecule has 4 nitrogen and oxygen atoms in total. The number of carbonyl (C=O) groups excluding carboxylic acids is 1. The second kappa shape index (κ2) is 6.06. The van der Waals surface area contributed by atoms with Gasteiger partial charge in [-0.25, -0.2) is 0 Å². The van der Waals surface area contributed by atoms with Crippen molar-refractivity contribution in [3.63, 3.8) is 0 Å². The molecule has 1 aliphatic rings. The van der Waals surface area contributed by atoms with Crippen LogP contribution in [0.5, 0.6) is 5.75 Å². The monoisotopic (exact) mass is 262 g/mol. The van der Waals surface area contributed by atoms with E-state index in [1.165, 1.54) is 0 Å². The fourth-order valence-corrected chi connectivity index (χ4v) is 2.31. The fraction of sp³-hybridized carbons (Fsp3) is 0.533. The zero-order chi connectivity index (χ0) is 13.8. The summed E-state index contributed by atoms with van der Waals surface area (Å²) in [6, 6.07) is 7.68. The van der Waals surface area contributed by atoms with E-state index in [2.05, 4.69) is 0 Å². The lowest BCUT2D eigenvalue weighted by molar-refractivity contribution is -0.127. The molecule has 1 saturated heterocycles. The molecular formula is C15H22N2O2. The third-order valence-electron chi connectivity index (χ3n) is 3.27. The van der Waals surface area contributed by atoms with E-state index in [1.807, 2.05) is 43.0 Å². The van der Waals surface area contributed by atoms with Crippen molar-refractivity contribution in [1.82, 2.24) is 4.90 Å². The quantitative estimate of drug-likeness (QED) is 0.884. The molecule has 0 aromatic heterocycles. The Hall–Kier alpha value is -1.55. The highest BCUT2D eigenvalue weighted by atomic mass is 16.5. The molecule has 0 radical (unpaired) electrons. The molecule has 2 rings (SSSR count). The summed E-state index contributed by atoms with van der Waals surface area (Å²) in [6.07, 6.45) is 1.78. The maximum atomic E-state index is 11.6. The second-order valence-corrected chi connectivity index (χ2v) is 5.29. The number of carbonyl (C=O) groups is 1. The summed E-state index contributed by atoms with van der Waals surface area (Å²) in [5, 5.41) is 0. The molecule has 1 aliphatic heterocycles. The van der Waals surface area contributed by atoms with Crippen LogP contribution >= 0.6 is 0 Å². The van der Waals surface area contributed by atoms with Crippen molar-refractivity contribution in [3.05, 3.63) is 29.8 Å². The minimum atomic E-state index is -0.129. The number of benzene rings is 1.